The minimum atomic E-state index is -1.20. The lowest BCUT2D eigenvalue weighted by Crippen LogP contribution is -2.54. The first-order chi connectivity index (χ1) is 9.34. The third kappa shape index (κ3) is 2.74. The number of carboxylic acids is 1. The number of rotatable bonds is 5. The summed E-state index contributed by atoms with van der Waals surface area (Å²) in [5.74, 6) is -0.706. The summed E-state index contributed by atoms with van der Waals surface area (Å²) >= 11 is 0. The van der Waals surface area contributed by atoms with Crippen molar-refractivity contribution in [3.63, 3.8) is 0 Å². The summed E-state index contributed by atoms with van der Waals surface area (Å²) < 4.78 is 0. The molecule has 0 aromatic carbocycles. The van der Waals surface area contributed by atoms with Crippen LogP contribution in [0.15, 0.2) is 18.3 Å². The second-order valence-electron chi connectivity index (χ2n) is 5.53. The van der Waals surface area contributed by atoms with Gasteiger partial charge in [-0.05, 0) is 37.8 Å². The SMILES string of the molecule is CN(C)c1cc(C(=O)NC(C)(C(=O)O)C2CC2)ccn1. The number of carboxylic acid groups (broad SMARTS) is 1. The maximum Gasteiger partial charge on any atom is 0.329 e. The number of nitrogens with one attached hydrogen (secondary N) is 1. The van der Waals surface area contributed by atoms with E-state index in [1.807, 2.05) is 14.1 Å². The number of aromatic nitrogens is 1. The summed E-state index contributed by atoms with van der Waals surface area (Å²) in [5.41, 5.74) is -0.782. The van der Waals surface area contributed by atoms with E-state index in [4.69, 9.17) is 0 Å². The van der Waals surface area contributed by atoms with E-state index in [-0.39, 0.29) is 11.8 Å². The summed E-state index contributed by atoms with van der Waals surface area (Å²) in [7, 11) is 3.66. The average Bonchev–Trinajstić information content (AvgIpc) is 3.23. The highest BCUT2D eigenvalue weighted by Crippen LogP contribution is 2.39. The average molecular weight is 277 g/mol. The molecular weight excluding hydrogens is 258 g/mol. The molecule has 1 aromatic heterocycles. The molecule has 1 aliphatic carbocycles. The molecule has 108 valence electrons. The van der Waals surface area contributed by atoms with Crippen molar-refractivity contribution in [2.24, 2.45) is 5.92 Å². The van der Waals surface area contributed by atoms with Gasteiger partial charge in [-0.1, -0.05) is 0 Å². The molecular formula is C14H19N3O3. The molecule has 1 fully saturated rings. The van der Waals surface area contributed by atoms with Crippen LogP contribution in [0.4, 0.5) is 5.82 Å². The lowest BCUT2D eigenvalue weighted by molar-refractivity contribution is -0.144. The fourth-order valence-corrected chi connectivity index (χ4v) is 2.10. The van der Waals surface area contributed by atoms with Crippen LogP contribution in [0.5, 0.6) is 0 Å². The monoisotopic (exact) mass is 277 g/mol. The van der Waals surface area contributed by atoms with Crippen molar-refractivity contribution in [3.05, 3.63) is 23.9 Å². The second kappa shape index (κ2) is 5.11. The summed E-state index contributed by atoms with van der Waals surface area (Å²) in [6.07, 6.45) is 3.21. The molecule has 1 aromatic rings. The van der Waals surface area contributed by atoms with Gasteiger partial charge in [-0.25, -0.2) is 9.78 Å². The molecule has 1 saturated carbocycles. The van der Waals surface area contributed by atoms with Gasteiger partial charge in [-0.3, -0.25) is 4.79 Å². The van der Waals surface area contributed by atoms with Gasteiger partial charge < -0.3 is 15.3 Å². The lowest BCUT2D eigenvalue weighted by atomic mass is 9.95. The van der Waals surface area contributed by atoms with Crippen LogP contribution in [0.3, 0.4) is 0 Å². The van der Waals surface area contributed by atoms with E-state index in [1.54, 1.807) is 30.2 Å². The molecule has 1 heterocycles. The Hall–Kier alpha value is -2.11. The van der Waals surface area contributed by atoms with Gasteiger partial charge in [0.05, 0.1) is 0 Å². The lowest BCUT2D eigenvalue weighted by Gasteiger charge is -2.26. The molecule has 1 atom stereocenters. The number of anilines is 1. The molecule has 2 rings (SSSR count). The summed E-state index contributed by atoms with van der Waals surface area (Å²) in [4.78, 5) is 29.6. The number of hydrogen-bond donors (Lipinski definition) is 2. The number of carbonyl (C=O) groups excluding carboxylic acids is 1. The highest BCUT2D eigenvalue weighted by Gasteiger charge is 2.48. The third-order valence-corrected chi connectivity index (χ3v) is 3.68. The molecule has 6 nitrogen and oxygen atoms in total. The van der Waals surface area contributed by atoms with Crippen LogP contribution in [0.2, 0.25) is 0 Å². The third-order valence-electron chi connectivity index (χ3n) is 3.68. The highest BCUT2D eigenvalue weighted by molar-refractivity contribution is 5.98. The Bertz CT molecular complexity index is 540. The summed E-state index contributed by atoms with van der Waals surface area (Å²) in [6.45, 7) is 1.57. The molecule has 2 N–H and O–H groups in total. The molecule has 0 saturated heterocycles. The Kier molecular flexibility index (Phi) is 3.65. The summed E-state index contributed by atoms with van der Waals surface area (Å²) in [6, 6.07) is 3.22. The highest BCUT2D eigenvalue weighted by atomic mass is 16.4. The number of amides is 1. The van der Waals surface area contributed by atoms with E-state index in [0.717, 1.165) is 12.8 Å². The van der Waals surface area contributed by atoms with Crippen LogP contribution >= 0.6 is 0 Å². The Balaban J connectivity index is 2.19. The van der Waals surface area contributed by atoms with Gasteiger partial charge in [-0.15, -0.1) is 0 Å². The van der Waals surface area contributed by atoms with Crippen molar-refractivity contribution < 1.29 is 14.7 Å². The number of aliphatic carboxylic acids is 1. The maximum atomic E-state index is 12.3. The molecule has 20 heavy (non-hydrogen) atoms. The Labute approximate surface area is 117 Å². The molecule has 0 bridgehead atoms. The van der Waals surface area contributed by atoms with Gasteiger partial charge >= 0.3 is 5.97 Å². The number of pyridine rings is 1. The molecule has 1 unspecified atom stereocenters. The fraction of sp³-hybridized carbons (Fsp3) is 0.500. The van der Waals surface area contributed by atoms with E-state index in [1.165, 1.54) is 0 Å². The molecule has 0 spiro atoms. The normalized spacial score (nSPS) is 17.1. The van der Waals surface area contributed by atoms with Crippen LogP contribution in [0.25, 0.3) is 0 Å². The van der Waals surface area contributed by atoms with Crippen LogP contribution in [-0.4, -0.2) is 41.6 Å². The van der Waals surface area contributed by atoms with E-state index in [9.17, 15) is 14.7 Å². The first kappa shape index (κ1) is 14.3. The zero-order valence-corrected chi connectivity index (χ0v) is 11.9. The van der Waals surface area contributed by atoms with Crippen molar-refractivity contribution in [2.75, 3.05) is 19.0 Å². The Morgan fingerprint density at radius 3 is 2.60 bits per heavy atom. The van der Waals surface area contributed by atoms with Crippen LogP contribution in [0.1, 0.15) is 30.1 Å². The minimum Gasteiger partial charge on any atom is -0.480 e. The van der Waals surface area contributed by atoms with Crippen molar-refractivity contribution in [2.45, 2.75) is 25.3 Å². The van der Waals surface area contributed by atoms with Gasteiger partial charge in [-0.2, -0.15) is 0 Å². The summed E-state index contributed by atoms with van der Waals surface area (Å²) in [5, 5.41) is 12.0. The van der Waals surface area contributed by atoms with Crippen molar-refractivity contribution in [1.29, 1.82) is 0 Å². The minimum absolute atomic E-state index is 0.0131. The molecule has 1 aliphatic rings. The van der Waals surface area contributed by atoms with E-state index in [0.29, 0.717) is 11.4 Å². The molecule has 0 radical (unpaired) electrons. The van der Waals surface area contributed by atoms with Crippen LogP contribution < -0.4 is 10.2 Å². The zero-order chi connectivity index (χ0) is 14.9. The van der Waals surface area contributed by atoms with Gasteiger partial charge in [0.15, 0.2) is 0 Å². The molecule has 0 aliphatic heterocycles. The Morgan fingerprint density at radius 1 is 1.45 bits per heavy atom. The molecule has 6 heteroatoms. The van der Waals surface area contributed by atoms with Crippen LogP contribution in [-0.2, 0) is 4.79 Å². The Morgan fingerprint density at radius 2 is 2.10 bits per heavy atom. The topological polar surface area (TPSA) is 82.5 Å². The second-order valence-corrected chi connectivity index (χ2v) is 5.53. The van der Waals surface area contributed by atoms with E-state index >= 15 is 0 Å². The van der Waals surface area contributed by atoms with Crippen molar-refractivity contribution in [1.82, 2.24) is 10.3 Å². The first-order valence-corrected chi connectivity index (χ1v) is 6.54. The smallest absolute Gasteiger partial charge is 0.329 e. The molecule has 1 amide bonds. The largest absolute Gasteiger partial charge is 0.480 e. The van der Waals surface area contributed by atoms with Crippen molar-refractivity contribution in [3.8, 4) is 0 Å². The maximum absolute atomic E-state index is 12.3. The zero-order valence-electron chi connectivity index (χ0n) is 11.9. The first-order valence-electron chi connectivity index (χ1n) is 6.54. The number of hydrogen-bond acceptors (Lipinski definition) is 4. The number of carbonyl (C=O) groups is 2. The fourth-order valence-electron chi connectivity index (χ4n) is 2.10. The van der Waals surface area contributed by atoms with E-state index < -0.39 is 11.5 Å². The standard InChI is InChI=1S/C14H19N3O3/c1-14(13(19)20,10-4-5-10)16-12(18)9-6-7-15-11(8-9)17(2)3/h6-8,10H,4-5H2,1-3H3,(H,16,18)(H,19,20). The van der Waals surface area contributed by atoms with Gasteiger partial charge in [0.25, 0.3) is 5.91 Å². The number of nitrogens with zero attached hydrogens (tertiary/aromatic N) is 2. The van der Waals surface area contributed by atoms with Gasteiger partial charge in [0.1, 0.15) is 11.4 Å². The predicted molar refractivity (Wildman–Crippen MR) is 74.8 cm³/mol. The van der Waals surface area contributed by atoms with E-state index in [2.05, 4.69) is 10.3 Å². The van der Waals surface area contributed by atoms with Gasteiger partial charge in [0.2, 0.25) is 0 Å². The quantitative estimate of drug-likeness (QED) is 0.843. The van der Waals surface area contributed by atoms with Crippen molar-refractivity contribution >= 4 is 17.7 Å². The van der Waals surface area contributed by atoms with Gasteiger partial charge in [0, 0.05) is 25.9 Å². The van der Waals surface area contributed by atoms with Crippen LogP contribution in [0, 0.1) is 5.92 Å². The predicted octanol–water partition coefficient (Wildman–Crippen LogP) is 1.13.